The minimum atomic E-state index is 0.211. The SMILES string of the molecule is O=C(CCn1c(-c2cccs2)n[nH]c1=S)N1CCCC1. The highest BCUT2D eigenvalue weighted by molar-refractivity contribution is 7.71. The third kappa shape index (κ3) is 2.69. The summed E-state index contributed by atoms with van der Waals surface area (Å²) in [6.45, 7) is 2.37. The molecule has 0 radical (unpaired) electrons. The molecule has 0 unspecified atom stereocenters. The third-order valence-corrected chi connectivity index (χ3v) is 4.69. The highest BCUT2D eigenvalue weighted by Crippen LogP contribution is 2.23. The topological polar surface area (TPSA) is 53.9 Å². The number of carbonyl (C=O) groups is 1. The van der Waals surface area contributed by atoms with Gasteiger partial charge in [-0.15, -0.1) is 11.3 Å². The predicted octanol–water partition coefficient (Wildman–Crippen LogP) is 2.68. The quantitative estimate of drug-likeness (QED) is 0.884. The summed E-state index contributed by atoms with van der Waals surface area (Å²) in [6, 6.07) is 3.99. The number of amides is 1. The fourth-order valence-electron chi connectivity index (χ4n) is 2.45. The van der Waals surface area contributed by atoms with Crippen LogP contribution in [0.15, 0.2) is 17.5 Å². The second-order valence-corrected chi connectivity index (χ2v) is 6.15. The number of aromatic amines is 1. The maximum absolute atomic E-state index is 12.1. The van der Waals surface area contributed by atoms with Crippen LogP contribution in [0.3, 0.4) is 0 Å². The van der Waals surface area contributed by atoms with E-state index in [-0.39, 0.29) is 5.91 Å². The van der Waals surface area contributed by atoms with Gasteiger partial charge in [-0.05, 0) is 36.5 Å². The first-order valence-corrected chi connectivity index (χ1v) is 8.01. The number of aromatic nitrogens is 3. The molecule has 0 atom stereocenters. The molecular formula is C13H16N4OS2. The zero-order chi connectivity index (χ0) is 13.9. The van der Waals surface area contributed by atoms with E-state index in [9.17, 15) is 4.79 Å². The highest BCUT2D eigenvalue weighted by Gasteiger charge is 2.18. The lowest BCUT2D eigenvalue weighted by molar-refractivity contribution is -0.130. The maximum Gasteiger partial charge on any atom is 0.224 e. The molecule has 1 saturated heterocycles. The van der Waals surface area contributed by atoms with Crippen LogP contribution in [0.2, 0.25) is 0 Å². The van der Waals surface area contributed by atoms with Crippen LogP contribution in [-0.4, -0.2) is 38.7 Å². The van der Waals surface area contributed by atoms with Crippen LogP contribution in [0.1, 0.15) is 19.3 Å². The monoisotopic (exact) mass is 308 g/mol. The van der Waals surface area contributed by atoms with Gasteiger partial charge in [0.2, 0.25) is 5.91 Å². The van der Waals surface area contributed by atoms with Gasteiger partial charge in [-0.2, -0.15) is 5.10 Å². The molecule has 0 bridgehead atoms. The zero-order valence-corrected chi connectivity index (χ0v) is 12.7. The summed E-state index contributed by atoms with van der Waals surface area (Å²) in [4.78, 5) is 15.1. The second kappa shape index (κ2) is 5.88. The van der Waals surface area contributed by atoms with Crippen molar-refractivity contribution in [2.24, 2.45) is 0 Å². The number of hydrogen-bond acceptors (Lipinski definition) is 4. The van der Waals surface area contributed by atoms with Gasteiger partial charge in [-0.1, -0.05) is 6.07 Å². The molecule has 3 rings (SSSR count). The molecule has 0 saturated carbocycles. The molecule has 0 aliphatic carbocycles. The van der Waals surface area contributed by atoms with Crippen LogP contribution >= 0.6 is 23.6 Å². The number of thiophene rings is 1. The van der Waals surface area contributed by atoms with Crippen LogP contribution in [0, 0.1) is 4.77 Å². The van der Waals surface area contributed by atoms with Gasteiger partial charge in [0.15, 0.2) is 10.6 Å². The average Bonchev–Trinajstić information content (AvgIpc) is 3.18. The second-order valence-electron chi connectivity index (χ2n) is 4.82. The first-order valence-electron chi connectivity index (χ1n) is 6.72. The zero-order valence-electron chi connectivity index (χ0n) is 11.0. The fraction of sp³-hybridized carbons (Fsp3) is 0.462. The summed E-state index contributed by atoms with van der Waals surface area (Å²) in [6.07, 6.45) is 2.72. The number of likely N-dealkylation sites (tertiary alicyclic amines) is 1. The van der Waals surface area contributed by atoms with Gasteiger partial charge < -0.3 is 4.90 Å². The van der Waals surface area contributed by atoms with E-state index in [0.717, 1.165) is 36.6 Å². The minimum Gasteiger partial charge on any atom is -0.343 e. The Morgan fingerprint density at radius 1 is 1.45 bits per heavy atom. The van der Waals surface area contributed by atoms with E-state index >= 15 is 0 Å². The molecule has 1 amide bonds. The van der Waals surface area contributed by atoms with Crippen molar-refractivity contribution in [2.45, 2.75) is 25.8 Å². The molecule has 2 aromatic rings. The number of H-pyrrole nitrogens is 1. The summed E-state index contributed by atoms with van der Waals surface area (Å²) < 4.78 is 2.48. The van der Waals surface area contributed by atoms with E-state index in [1.54, 1.807) is 11.3 Å². The van der Waals surface area contributed by atoms with E-state index < -0.39 is 0 Å². The fourth-order valence-corrected chi connectivity index (χ4v) is 3.40. The van der Waals surface area contributed by atoms with Crippen LogP contribution in [0.4, 0.5) is 0 Å². The Kier molecular flexibility index (Phi) is 3.98. The van der Waals surface area contributed by atoms with Crippen molar-refractivity contribution in [3.63, 3.8) is 0 Å². The lowest BCUT2D eigenvalue weighted by Crippen LogP contribution is -2.28. The van der Waals surface area contributed by atoms with Crippen LogP contribution < -0.4 is 0 Å². The molecule has 2 aromatic heterocycles. The highest BCUT2D eigenvalue weighted by atomic mass is 32.1. The number of nitrogens with one attached hydrogen (secondary N) is 1. The molecule has 0 spiro atoms. The Labute approximate surface area is 126 Å². The molecule has 106 valence electrons. The standard InChI is InChI=1S/C13H16N4OS2/c18-11(16-6-1-2-7-16)5-8-17-12(14-15-13(17)19)10-4-3-9-20-10/h3-4,9H,1-2,5-8H2,(H,15,19). The molecule has 1 N–H and O–H groups in total. The Balaban J connectivity index is 1.73. The van der Waals surface area contributed by atoms with Crippen molar-refractivity contribution in [3.8, 4) is 10.7 Å². The number of carbonyl (C=O) groups excluding carboxylic acids is 1. The lowest BCUT2D eigenvalue weighted by Gasteiger charge is -2.15. The van der Waals surface area contributed by atoms with Crippen molar-refractivity contribution >= 4 is 29.5 Å². The average molecular weight is 308 g/mol. The van der Waals surface area contributed by atoms with Crippen molar-refractivity contribution in [1.29, 1.82) is 0 Å². The molecule has 0 aromatic carbocycles. The molecule has 1 aliphatic heterocycles. The summed E-state index contributed by atoms with van der Waals surface area (Å²) in [5.41, 5.74) is 0. The number of rotatable bonds is 4. The predicted molar refractivity (Wildman–Crippen MR) is 81.2 cm³/mol. The normalized spacial score (nSPS) is 14.9. The maximum atomic E-state index is 12.1. The molecule has 20 heavy (non-hydrogen) atoms. The van der Waals surface area contributed by atoms with Gasteiger partial charge in [0.05, 0.1) is 4.88 Å². The molecular weight excluding hydrogens is 292 g/mol. The first-order chi connectivity index (χ1) is 9.75. The van der Waals surface area contributed by atoms with Gasteiger partial charge in [0.1, 0.15) is 0 Å². The van der Waals surface area contributed by atoms with Crippen molar-refractivity contribution in [2.75, 3.05) is 13.1 Å². The smallest absolute Gasteiger partial charge is 0.224 e. The molecule has 7 heteroatoms. The summed E-state index contributed by atoms with van der Waals surface area (Å²) in [7, 11) is 0. The van der Waals surface area contributed by atoms with Gasteiger partial charge >= 0.3 is 0 Å². The Morgan fingerprint density at radius 2 is 2.25 bits per heavy atom. The molecule has 1 fully saturated rings. The lowest BCUT2D eigenvalue weighted by atomic mass is 10.3. The summed E-state index contributed by atoms with van der Waals surface area (Å²) >= 11 is 6.88. The van der Waals surface area contributed by atoms with Gasteiger partial charge in [0.25, 0.3) is 0 Å². The minimum absolute atomic E-state index is 0.211. The van der Waals surface area contributed by atoms with Crippen molar-refractivity contribution in [3.05, 3.63) is 22.3 Å². The van der Waals surface area contributed by atoms with E-state index in [1.807, 2.05) is 27.0 Å². The van der Waals surface area contributed by atoms with Gasteiger partial charge in [-0.25, -0.2) is 0 Å². The molecule has 5 nitrogen and oxygen atoms in total. The Bertz CT molecular complexity index is 638. The van der Waals surface area contributed by atoms with Crippen LogP contribution in [0.5, 0.6) is 0 Å². The van der Waals surface area contributed by atoms with Crippen LogP contribution in [0.25, 0.3) is 10.7 Å². The van der Waals surface area contributed by atoms with Gasteiger partial charge in [-0.3, -0.25) is 14.5 Å². The largest absolute Gasteiger partial charge is 0.343 e. The van der Waals surface area contributed by atoms with Crippen LogP contribution in [-0.2, 0) is 11.3 Å². The first kappa shape index (κ1) is 13.5. The number of nitrogens with zero attached hydrogens (tertiary/aromatic N) is 3. The molecule has 1 aliphatic rings. The van der Waals surface area contributed by atoms with E-state index in [1.165, 1.54) is 0 Å². The number of hydrogen-bond donors (Lipinski definition) is 1. The van der Waals surface area contributed by atoms with Crippen molar-refractivity contribution in [1.82, 2.24) is 19.7 Å². The van der Waals surface area contributed by atoms with E-state index in [2.05, 4.69) is 10.2 Å². The van der Waals surface area contributed by atoms with E-state index in [4.69, 9.17) is 12.2 Å². The van der Waals surface area contributed by atoms with Crippen molar-refractivity contribution < 1.29 is 4.79 Å². The molecule has 3 heterocycles. The summed E-state index contributed by atoms with van der Waals surface area (Å²) in [5, 5.41) is 9.09. The summed E-state index contributed by atoms with van der Waals surface area (Å²) in [5.74, 6) is 1.03. The van der Waals surface area contributed by atoms with Gasteiger partial charge in [0, 0.05) is 26.1 Å². The Morgan fingerprint density at radius 3 is 2.95 bits per heavy atom. The Hall–Kier alpha value is -1.47. The third-order valence-electron chi connectivity index (χ3n) is 3.51. The van der Waals surface area contributed by atoms with E-state index in [0.29, 0.717) is 17.7 Å².